The molecule has 3 aromatic heterocycles. The number of thiophene rings is 1. The Balaban J connectivity index is 1.53. The number of aromatic nitrogens is 3. The number of aryl methyl sites for hydroxylation is 1. The Bertz CT molecular complexity index is 686. The van der Waals surface area contributed by atoms with Gasteiger partial charge in [0.25, 0.3) is 0 Å². The second-order valence-electron chi connectivity index (χ2n) is 5.18. The van der Waals surface area contributed by atoms with Crippen molar-refractivity contribution in [1.29, 1.82) is 0 Å². The van der Waals surface area contributed by atoms with E-state index in [1.165, 1.54) is 5.56 Å². The molecule has 21 heavy (non-hydrogen) atoms. The van der Waals surface area contributed by atoms with Crippen LogP contribution in [-0.2, 0) is 13.1 Å². The zero-order valence-electron chi connectivity index (χ0n) is 12.1. The Morgan fingerprint density at radius 2 is 2.38 bits per heavy atom. The van der Waals surface area contributed by atoms with E-state index in [0.717, 1.165) is 22.9 Å². The second-order valence-corrected chi connectivity index (χ2v) is 6.13. The monoisotopic (exact) mass is 302 g/mol. The van der Waals surface area contributed by atoms with Crippen molar-refractivity contribution in [3.63, 3.8) is 0 Å². The Morgan fingerprint density at radius 3 is 3.10 bits per heavy atom. The molecule has 0 aliphatic rings. The highest BCUT2D eigenvalue weighted by Gasteiger charge is 2.09. The molecule has 1 unspecified atom stereocenters. The van der Waals surface area contributed by atoms with Crippen LogP contribution in [0.4, 0.5) is 0 Å². The molecule has 110 valence electrons. The van der Waals surface area contributed by atoms with E-state index >= 15 is 0 Å². The summed E-state index contributed by atoms with van der Waals surface area (Å²) in [5.41, 5.74) is 2.10. The van der Waals surface area contributed by atoms with Gasteiger partial charge in [-0.2, -0.15) is 5.10 Å². The predicted octanol–water partition coefficient (Wildman–Crippen LogP) is 3.09. The van der Waals surface area contributed by atoms with Crippen LogP contribution in [0.25, 0.3) is 10.6 Å². The Hall–Kier alpha value is -1.92. The van der Waals surface area contributed by atoms with Crippen LogP contribution in [0.15, 0.2) is 40.5 Å². The van der Waals surface area contributed by atoms with Gasteiger partial charge in [0.2, 0.25) is 0 Å². The quantitative estimate of drug-likeness (QED) is 0.760. The third-order valence-electron chi connectivity index (χ3n) is 3.18. The molecule has 0 aliphatic carbocycles. The van der Waals surface area contributed by atoms with Crippen LogP contribution in [0.5, 0.6) is 0 Å². The van der Waals surface area contributed by atoms with Gasteiger partial charge in [-0.15, -0.1) is 11.3 Å². The first kappa shape index (κ1) is 14.0. The van der Waals surface area contributed by atoms with E-state index in [2.05, 4.69) is 22.5 Å². The summed E-state index contributed by atoms with van der Waals surface area (Å²) in [4.78, 5) is 1.11. The molecular weight excluding hydrogens is 284 g/mol. The fourth-order valence-corrected chi connectivity index (χ4v) is 2.79. The van der Waals surface area contributed by atoms with Gasteiger partial charge in [-0.3, -0.25) is 4.68 Å². The number of hydrogen-bond donors (Lipinski definition) is 1. The summed E-state index contributed by atoms with van der Waals surface area (Å²) >= 11 is 1.65. The van der Waals surface area contributed by atoms with Crippen molar-refractivity contribution in [3.8, 4) is 10.6 Å². The minimum Gasteiger partial charge on any atom is -0.355 e. The molecule has 0 fully saturated rings. The van der Waals surface area contributed by atoms with E-state index in [9.17, 15) is 0 Å². The maximum absolute atomic E-state index is 5.37. The number of nitrogens with zero attached hydrogens (tertiary/aromatic N) is 3. The van der Waals surface area contributed by atoms with Crippen molar-refractivity contribution in [2.24, 2.45) is 0 Å². The minimum atomic E-state index is 0.311. The first-order valence-corrected chi connectivity index (χ1v) is 7.80. The van der Waals surface area contributed by atoms with E-state index in [0.29, 0.717) is 12.6 Å². The summed E-state index contributed by atoms with van der Waals surface area (Å²) in [5.74, 6) is 0.831. The van der Waals surface area contributed by atoms with Crippen LogP contribution >= 0.6 is 11.3 Å². The van der Waals surface area contributed by atoms with E-state index in [-0.39, 0.29) is 0 Å². The molecule has 3 rings (SSSR count). The first-order valence-electron chi connectivity index (χ1n) is 6.92. The zero-order valence-corrected chi connectivity index (χ0v) is 12.9. The van der Waals surface area contributed by atoms with Crippen LogP contribution in [0.3, 0.4) is 0 Å². The highest BCUT2D eigenvalue weighted by Crippen LogP contribution is 2.24. The number of rotatable bonds is 6. The van der Waals surface area contributed by atoms with Gasteiger partial charge in [-0.1, -0.05) is 11.2 Å². The molecule has 3 aromatic rings. The molecule has 1 atom stereocenters. The lowest BCUT2D eigenvalue weighted by molar-refractivity contribution is 0.407. The summed E-state index contributed by atoms with van der Waals surface area (Å²) in [7, 11) is 0. The molecule has 3 heterocycles. The molecule has 0 aliphatic heterocycles. The summed E-state index contributed by atoms with van der Waals surface area (Å²) in [5, 5.41) is 13.9. The van der Waals surface area contributed by atoms with Crippen LogP contribution in [0.2, 0.25) is 0 Å². The van der Waals surface area contributed by atoms with Gasteiger partial charge in [-0.05, 0) is 30.9 Å². The molecule has 0 bridgehead atoms. The van der Waals surface area contributed by atoms with Gasteiger partial charge < -0.3 is 9.84 Å². The number of hydrogen-bond acceptors (Lipinski definition) is 5. The van der Waals surface area contributed by atoms with Gasteiger partial charge in [-0.25, -0.2) is 0 Å². The highest BCUT2D eigenvalue weighted by atomic mass is 32.1. The van der Waals surface area contributed by atoms with Gasteiger partial charge in [0.1, 0.15) is 0 Å². The van der Waals surface area contributed by atoms with E-state index in [1.807, 2.05) is 47.6 Å². The van der Waals surface area contributed by atoms with Gasteiger partial charge in [0, 0.05) is 24.8 Å². The summed E-state index contributed by atoms with van der Waals surface area (Å²) in [6.07, 6.45) is 3.92. The molecule has 0 spiro atoms. The van der Waals surface area contributed by atoms with Crippen molar-refractivity contribution in [1.82, 2.24) is 20.3 Å². The minimum absolute atomic E-state index is 0.311. The fraction of sp³-hybridized carbons (Fsp3) is 0.333. The Kier molecular flexibility index (Phi) is 4.17. The average Bonchev–Trinajstić information content (AvgIpc) is 3.17. The molecule has 0 aromatic carbocycles. The fourth-order valence-electron chi connectivity index (χ4n) is 2.12. The summed E-state index contributed by atoms with van der Waals surface area (Å²) in [6.45, 7) is 5.71. The smallest absolute Gasteiger partial charge is 0.177 e. The lowest BCUT2D eigenvalue weighted by atomic mass is 10.3. The maximum atomic E-state index is 5.37. The molecule has 0 saturated heterocycles. The van der Waals surface area contributed by atoms with Gasteiger partial charge >= 0.3 is 0 Å². The normalized spacial score (nSPS) is 12.7. The van der Waals surface area contributed by atoms with Crippen molar-refractivity contribution < 1.29 is 4.52 Å². The maximum Gasteiger partial charge on any atom is 0.177 e. The van der Waals surface area contributed by atoms with Crippen LogP contribution in [0.1, 0.15) is 18.2 Å². The van der Waals surface area contributed by atoms with Crippen molar-refractivity contribution in [2.45, 2.75) is 33.0 Å². The predicted molar refractivity (Wildman–Crippen MR) is 83.1 cm³/mol. The zero-order chi connectivity index (χ0) is 14.7. The summed E-state index contributed by atoms with van der Waals surface area (Å²) < 4.78 is 7.32. The standard InChI is InChI=1S/C15H18N4OS/c1-11-7-17-19(9-11)10-12(2)16-8-13-6-14(20-18-13)15-4-3-5-21-15/h3-7,9,12,16H,8,10H2,1-2H3. The largest absolute Gasteiger partial charge is 0.355 e. The van der Waals surface area contributed by atoms with Crippen LogP contribution < -0.4 is 5.32 Å². The van der Waals surface area contributed by atoms with E-state index in [1.54, 1.807) is 11.3 Å². The van der Waals surface area contributed by atoms with Crippen LogP contribution in [-0.4, -0.2) is 21.0 Å². The van der Waals surface area contributed by atoms with E-state index in [4.69, 9.17) is 4.52 Å². The first-order chi connectivity index (χ1) is 10.2. The Morgan fingerprint density at radius 1 is 1.48 bits per heavy atom. The van der Waals surface area contributed by atoms with Gasteiger partial charge in [0.05, 0.1) is 23.3 Å². The third-order valence-corrected chi connectivity index (χ3v) is 4.06. The molecule has 0 saturated carbocycles. The van der Waals surface area contributed by atoms with Crippen LogP contribution in [0, 0.1) is 6.92 Å². The summed E-state index contributed by atoms with van der Waals surface area (Å²) in [6, 6.07) is 6.34. The number of nitrogens with one attached hydrogen (secondary N) is 1. The third kappa shape index (κ3) is 3.59. The van der Waals surface area contributed by atoms with Crippen molar-refractivity contribution in [3.05, 3.63) is 47.2 Å². The SMILES string of the molecule is Cc1cnn(CC(C)NCc2cc(-c3cccs3)on2)c1. The molecule has 0 amide bonds. The molecule has 1 N–H and O–H groups in total. The highest BCUT2D eigenvalue weighted by molar-refractivity contribution is 7.13. The Labute approximate surface area is 127 Å². The lowest BCUT2D eigenvalue weighted by Crippen LogP contribution is -2.30. The average molecular weight is 302 g/mol. The lowest BCUT2D eigenvalue weighted by Gasteiger charge is -2.12. The topological polar surface area (TPSA) is 55.9 Å². The molecule has 6 heteroatoms. The molecular formula is C15H18N4OS. The second kappa shape index (κ2) is 6.24. The molecule has 0 radical (unpaired) electrons. The molecule has 5 nitrogen and oxygen atoms in total. The van der Waals surface area contributed by atoms with Crippen molar-refractivity contribution >= 4 is 11.3 Å². The van der Waals surface area contributed by atoms with E-state index < -0.39 is 0 Å². The van der Waals surface area contributed by atoms with Gasteiger partial charge in [0.15, 0.2) is 5.76 Å². The van der Waals surface area contributed by atoms with Crippen molar-refractivity contribution in [2.75, 3.05) is 0 Å².